The first-order valence-electron chi connectivity index (χ1n) is 10.5. The Kier molecular flexibility index (Phi) is 6.83. The van der Waals surface area contributed by atoms with Crippen LogP contribution in [-0.4, -0.2) is 18.4 Å². The molecular formula is C25H23N3O3S. The Morgan fingerprint density at radius 3 is 2.59 bits per heavy atom. The maximum atomic E-state index is 12.6. The average molecular weight is 446 g/mol. The number of carbonyl (C=O) groups excluding carboxylic acids is 2. The van der Waals surface area contributed by atoms with Gasteiger partial charge in [-0.3, -0.25) is 9.59 Å². The van der Waals surface area contributed by atoms with Crippen molar-refractivity contribution in [3.8, 4) is 11.8 Å². The first-order valence-corrected chi connectivity index (χ1v) is 11.4. The molecule has 1 aliphatic rings. The van der Waals surface area contributed by atoms with Crippen molar-refractivity contribution in [3.63, 3.8) is 0 Å². The van der Waals surface area contributed by atoms with E-state index in [1.54, 1.807) is 24.3 Å². The monoisotopic (exact) mass is 445 g/mol. The van der Waals surface area contributed by atoms with Crippen LogP contribution in [0.25, 0.3) is 0 Å². The molecule has 0 spiro atoms. The molecule has 32 heavy (non-hydrogen) atoms. The Balaban J connectivity index is 1.38. The van der Waals surface area contributed by atoms with Crippen LogP contribution in [0.4, 0.5) is 5.00 Å². The fourth-order valence-electron chi connectivity index (χ4n) is 3.73. The highest BCUT2D eigenvalue weighted by atomic mass is 32.1. The molecule has 4 rings (SSSR count). The lowest BCUT2D eigenvalue weighted by molar-refractivity contribution is -0.118. The summed E-state index contributed by atoms with van der Waals surface area (Å²) in [6.07, 6.45) is 4.01. The number of carbonyl (C=O) groups is 2. The number of fused-ring (bicyclic) bond motifs is 1. The number of nitrogens with one attached hydrogen (secondary N) is 2. The molecule has 1 aromatic heterocycles. The zero-order chi connectivity index (χ0) is 22.3. The van der Waals surface area contributed by atoms with Crippen molar-refractivity contribution in [1.82, 2.24) is 5.32 Å². The van der Waals surface area contributed by atoms with Gasteiger partial charge in [0, 0.05) is 11.4 Å². The van der Waals surface area contributed by atoms with Gasteiger partial charge in [-0.25, -0.2) is 0 Å². The molecule has 1 heterocycles. The smallest absolute Gasteiger partial charge is 0.262 e. The summed E-state index contributed by atoms with van der Waals surface area (Å²) in [6, 6.07) is 18.7. The number of nitrogens with zero attached hydrogens (tertiary/aromatic N) is 1. The second-order valence-electron chi connectivity index (χ2n) is 7.53. The Morgan fingerprint density at radius 1 is 1.03 bits per heavy atom. The van der Waals surface area contributed by atoms with Gasteiger partial charge in [-0.05, 0) is 48.9 Å². The fourth-order valence-corrected chi connectivity index (χ4v) is 4.99. The van der Waals surface area contributed by atoms with Crippen molar-refractivity contribution < 1.29 is 14.3 Å². The van der Waals surface area contributed by atoms with Gasteiger partial charge in [0.2, 0.25) is 0 Å². The Bertz CT molecular complexity index is 1160. The van der Waals surface area contributed by atoms with Crippen molar-refractivity contribution in [2.75, 3.05) is 11.9 Å². The van der Waals surface area contributed by atoms with Crippen LogP contribution in [0.1, 0.15) is 44.8 Å². The lowest BCUT2D eigenvalue weighted by atomic mass is 9.96. The molecule has 0 radical (unpaired) electrons. The number of hydrogen-bond donors (Lipinski definition) is 2. The molecule has 0 saturated carbocycles. The Morgan fingerprint density at radius 2 is 1.78 bits per heavy atom. The van der Waals surface area contributed by atoms with Gasteiger partial charge < -0.3 is 15.4 Å². The summed E-state index contributed by atoms with van der Waals surface area (Å²) in [4.78, 5) is 26.3. The van der Waals surface area contributed by atoms with Crippen LogP contribution < -0.4 is 15.4 Å². The van der Waals surface area contributed by atoms with E-state index in [0.717, 1.165) is 36.8 Å². The van der Waals surface area contributed by atoms with Gasteiger partial charge >= 0.3 is 0 Å². The number of ether oxygens (including phenoxy) is 1. The van der Waals surface area contributed by atoms with Gasteiger partial charge in [0.1, 0.15) is 16.8 Å². The molecule has 162 valence electrons. The number of nitriles is 1. The van der Waals surface area contributed by atoms with Crippen LogP contribution in [0.15, 0.2) is 54.6 Å². The van der Waals surface area contributed by atoms with E-state index in [0.29, 0.717) is 28.4 Å². The molecule has 2 amide bonds. The van der Waals surface area contributed by atoms with Crippen molar-refractivity contribution in [1.29, 1.82) is 5.26 Å². The minimum atomic E-state index is -0.361. The maximum absolute atomic E-state index is 12.6. The Hall–Kier alpha value is -3.63. The van der Waals surface area contributed by atoms with E-state index in [1.807, 2.05) is 30.3 Å². The zero-order valence-electron chi connectivity index (χ0n) is 17.5. The van der Waals surface area contributed by atoms with E-state index in [-0.39, 0.29) is 18.4 Å². The number of amides is 2. The van der Waals surface area contributed by atoms with E-state index in [1.165, 1.54) is 16.2 Å². The number of rotatable bonds is 7. The second kappa shape index (κ2) is 10.1. The molecule has 1 aliphatic carbocycles. The lowest BCUT2D eigenvalue weighted by Crippen LogP contribution is -2.25. The zero-order valence-corrected chi connectivity index (χ0v) is 18.3. The molecule has 0 unspecified atom stereocenters. The summed E-state index contributed by atoms with van der Waals surface area (Å²) < 4.78 is 5.67. The van der Waals surface area contributed by atoms with Gasteiger partial charge in [-0.15, -0.1) is 11.3 Å². The van der Waals surface area contributed by atoms with Crippen molar-refractivity contribution in [3.05, 3.63) is 81.7 Å². The first kappa shape index (κ1) is 21.6. The third-order valence-electron chi connectivity index (χ3n) is 5.32. The highest BCUT2D eigenvalue weighted by Crippen LogP contribution is 2.37. The van der Waals surface area contributed by atoms with Crippen LogP contribution in [0, 0.1) is 11.3 Å². The number of benzene rings is 2. The molecule has 0 aliphatic heterocycles. The molecular weight excluding hydrogens is 422 g/mol. The SMILES string of the molecule is N#Cc1c(NC(=O)COc2ccccc2C(=O)NCc2ccccc2)sc2c1CCCC2. The van der Waals surface area contributed by atoms with E-state index < -0.39 is 0 Å². The number of aryl methyl sites for hydroxylation is 1. The summed E-state index contributed by atoms with van der Waals surface area (Å²) in [7, 11) is 0. The third kappa shape index (κ3) is 4.98. The van der Waals surface area contributed by atoms with Gasteiger partial charge in [0.05, 0.1) is 11.1 Å². The van der Waals surface area contributed by atoms with Crippen molar-refractivity contribution in [2.45, 2.75) is 32.2 Å². The molecule has 0 fully saturated rings. The fraction of sp³-hybridized carbons (Fsp3) is 0.240. The van der Waals surface area contributed by atoms with Crippen molar-refractivity contribution in [2.24, 2.45) is 0 Å². The van der Waals surface area contributed by atoms with Crippen LogP contribution >= 0.6 is 11.3 Å². The molecule has 3 aromatic rings. The van der Waals surface area contributed by atoms with Crippen LogP contribution in [-0.2, 0) is 24.2 Å². The third-order valence-corrected chi connectivity index (χ3v) is 6.53. The molecule has 6 nitrogen and oxygen atoms in total. The number of para-hydroxylation sites is 1. The largest absolute Gasteiger partial charge is 0.483 e. The predicted octanol–water partition coefficient (Wildman–Crippen LogP) is 4.45. The standard InChI is InChI=1S/C25H23N3O3S/c26-14-20-18-10-5-7-13-22(18)32-25(20)28-23(29)16-31-21-12-6-4-11-19(21)24(30)27-15-17-8-2-1-3-9-17/h1-4,6,8-9,11-12H,5,7,10,13,15-16H2,(H,27,30)(H,28,29). The number of anilines is 1. The summed E-state index contributed by atoms with van der Waals surface area (Å²) in [5.74, 6) is -0.304. The van der Waals surface area contributed by atoms with E-state index in [4.69, 9.17) is 4.74 Å². The number of thiophene rings is 1. The lowest BCUT2D eigenvalue weighted by Gasteiger charge is -2.12. The highest BCUT2D eigenvalue weighted by molar-refractivity contribution is 7.16. The highest BCUT2D eigenvalue weighted by Gasteiger charge is 2.22. The van der Waals surface area contributed by atoms with E-state index in [2.05, 4.69) is 16.7 Å². The summed E-state index contributed by atoms with van der Waals surface area (Å²) in [5, 5.41) is 15.8. The molecule has 0 bridgehead atoms. The second-order valence-corrected chi connectivity index (χ2v) is 8.63. The predicted molar refractivity (Wildman–Crippen MR) is 124 cm³/mol. The van der Waals surface area contributed by atoms with Gasteiger partial charge in [-0.2, -0.15) is 5.26 Å². The normalized spacial score (nSPS) is 12.3. The summed E-state index contributed by atoms with van der Waals surface area (Å²) in [5.41, 5.74) is 2.99. The molecule has 7 heteroatoms. The summed E-state index contributed by atoms with van der Waals surface area (Å²) >= 11 is 1.47. The topological polar surface area (TPSA) is 91.2 Å². The van der Waals surface area contributed by atoms with Gasteiger partial charge in [0.25, 0.3) is 11.8 Å². The van der Waals surface area contributed by atoms with Crippen molar-refractivity contribution >= 4 is 28.2 Å². The molecule has 2 N–H and O–H groups in total. The van der Waals surface area contributed by atoms with Gasteiger partial charge in [-0.1, -0.05) is 42.5 Å². The number of hydrogen-bond acceptors (Lipinski definition) is 5. The van der Waals surface area contributed by atoms with E-state index >= 15 is 0 Å². The molecule has 0 atom stereocenters. The minimum Gasteiger partial charge on any atom is -0.483 e. The van der Waals surface area contributed by atoms with E-state index in [9.17, 15) is 14.9 Å². The summed E-state index contributed by atoms with van der Waals surface area (Å²) in [6.45, 7) is 0.144. The van der Waals surface area contributed by atoms with Crippen LogP contribution in [0.5, 0.6) is 5.75 Å². The van der Waals surface area contributed by atoms with Gasteiger partial charge in [0.15, 0.2) is 6.61 Å². The van der Waals surface area contributed by atoms with Crippen LogP contribution in [0.2, 0.25) is 0 Å². The molecule has 2 aromatic carbocycles. The average Bonchev–Trinajstić information content (AvgIpc) is 3.18. The first-order chi connectivity index (χ1) is 15.7. The Labute approximate surface area is 190 Å². The minimum absolute atomic E-state index is 0.254. The van der Waals surface area contributed by atoms with Crippen LogP contribution in [0.3, 0.4) is 0 Å². The maximum Gasteiger partial charge on any atom is 0.262 e. The molecule has 0 saturated heterocycles. The quantitative estimate of drug-likeness (QED) is 0.562.